The Balaban J connectivity index is 0.00000180. The van der Waals surface area contributed by atoms with Crippen LogP contribution in [-0.4, -0.2) is 23.1 Å². The van der Waals surface area contributed by atoms with Crippen LogP contribution in [0.2, 0.25) is 0 Å². The molecule has 0 fully saturated rings. The molecule has 3 nitrogen and oxygen atoms in total. The zero-order valence-corrected chi connectivity index (χ0v) is 12.4. The molecular formula is C15H20ClN3. The Bertz CT molecular complexity index is 510. The average Bonchev–Trinajstić information content (AvgIpc) is 2.40. The summed E-state index contributed by atoms with van der Waals surface area (Å²) in [4.78, 5) is 11.4. The van der Waals surface area contributed by atoms with Gasteiger partial charge in [0.2, 0.25) is 0 Å². The van der Waals surface area contributed by atoms with Crippen molar-refractivity contribution in [2.24, 2.45) is 0 Å². The molecule has 0 unspecified atom stereocenters. The van der Waals surface area contributed by atoms with Crippen molar-refractivity contribution in [2.45, 2.75) is 20.8 Å². The molecule has 0 N–H and O–H groups in total. The van der Waals surface area contributed by atoms with Gasteiger partial charge in [-0.2, -0.15) is 0 Å². The van der Waals surface area contributed by atoms with Crippen molar-refractivity contribution in [3.8, 4) is 11.4 Å². The molecule has 0 spiro atoms. The fourth-order valence-corrected chi connectivity index (χ4v) is 1.98. The summed E-state index contributed by atoms with van der Waals surface area (Å²) in [5, 5.41) is 0. The second-order valence-electron chi connectivity index (χ2n) is 4.23. The first-order chi connectivity index (χ1) is 8.74. The zero-order valence-electron chi connectivity index (χ0n) is 11.6. The van der Waals surface area contributed by atoms with Crippen molar-refractivity contribution < 1.29 is 0 Å². The molecule has 0 atom stereocenters. The van der Waals surface area contributed by atoms with E-state index in [0.29, 0.717) is 0 Å². The van der Waals surface area contributed by atoms with Gasteiger partial charge in [0.15, 0.2) is 5.82 Å². The van der Waals surface area contributed by atoms with E-state index < -0.39 is 0 Å². The minimum Gasteiger partial charge on any atom is -0.357 e. The highest BCUT2D eigenvalue weighted by atomic mass is 35.5. The van der Waals surface area contributed by atoms with Gasteiger partial charge in [-0.05, 0) is 20.8 Å². The van der Waals surface area contributed by atoms with Crippen molar-refractivity contribution >= 4 is 18.2 Å². The van der Waals surface area contributed by atoms with Gasteiger partial charge in [0.05, 0.1) is 0 Å². The molecule has 1 aromatic carbocycles. The van der Waals surface area contributed by atoms with Crippen LogP contribution in [0.4, 0.5) is 5.82 Å². The number of aromatic nitrogens is 2. The number of aryl methyl sites for hydroxylation is 1. The Kier molecular flexibility index (Phi) is 5.77. The SMILES string of the molecule is CCN(CC)c1cc(C)nc(-c2ccccc2)n1.Cl. The number of hydrogen-bond donors (Lipinski definition) is 0. The smallest absolute Gasteiger partial charge is 0.161 e. The standard InChI is InChI=1S/C15H19N3.ClH/c1-4-18(5-2)14-11-12(3)16-15(17-14)13-9-7-6-8-10-13;/h6-11H,4-5H2,1-3H3;1H. The summed E-state index contributed by atoms with van der Waals surface area (Å²) < 4.78 is 0. The molecule has 1 aromatic heterocycles. The highest BCUT2D eigenvalue weighted by Gasteiger charge is 2.08. The maximum atomic E-state index is 4.66. The van der Waals surface area contributed by atoms with E-state index in [4.69, 9.17) is 0 Å². The second kappa shape index (κ2) is 7.10. The van der Waals surface area contributed by atoms with Crippen molar-refractivity contribution in [3.05, 3.63) is 42.1 Å². The molecular weight excluding hydrogens is 258 g/mol. The molecule has 0 aliphatic rings. The summed E-state index contributed by atoms with van der Waals surface area (Å²) in [6, 6.07) is 12.2. The van der Waals surface area contributed by atoms with Crippen molar-refractivity contribution in [3.63, 3.8) is 0 Å². The van der Waals surface area contributed by atoms with Gasteiger partial charge >= 0.3 is 0 Å². The highest BCUT2D eigenvalue weighted by molar-refractivity contribution is 5.85. The third-order valence-corrected chi connectivity index (χ3v) is 2.96. The van der Waals surface area contributed by atoms with Gasteiger partial charge in [-0.15, -0.1) is 12.4 Å². The molecule has 102 valence electrons. The van der Waals surface area contributed by atoms with E-state index in [2.05, 4.69) is 28.7 Å². The lowest BCUT2D eigenvalue weighted by atomic mass is 10.2. The summed E-state index contributed by atoms with van der Waals surface area (Å²) in [6.45, 7) is 8.22. The largest absolute Gasteiger partial charge is 0.357 e. The topological polar surface area (TPSA) is 29.0 Å². The highest BCUT2D eigenvalue weighted by Crippen LogP contribution is 2.19. The lowest BCUT2D eigenvalue weighted by Gasteiger charge is -2.20. The van der Waals surface area contributed by atoms with Crippen LogP contribution in [0.25, 0.3) is 11.4 Å². The first kappa shape index (κ1) is 15.4. The molecule has 0 saturated carbocycles. The molecule has 0 aliphatic carbocycles. The Labute approximate surface area is 121 Å². The van der Waals surface area contributed by atoms with Crippen LogP contribution < -0.4 is 4.90 Å². The van der Waals surface area contributed by atoms with E-state index in [1.807, 2.05) is 43.3 Å². The summed E-state index contributed by atoms with van der Waals surface area (Å²) >= 11 is 0. The minimum atomic E-state index is 0. The first-order valence-electron chi connectivity index (χ1n) is 6.40. The zero-order chi connectivity index (χ0) is 13.0. The predicted molar refractivity (Wildman–Crippen MR) is 83.0 cm³/mol. The fourth-order valence-electron chi connectivity index (χ4n) is 1.98. The Morgan fingerprint density at radius 1 is 1.00 bits per heavy atom. The first-order valence-corrected chi connectivity index (χ1v) is 6.40. The number of rotatable bonds is 4. The maximum absolute atomic E-state index is 4.66. The quantitative estimate of drug-likeness (QED) is 0.853. The van der Waals surface area contributed by atoms with Gasteiger partial charge in [-0.1, -0.05) is 30.3 Å². The van der Waals surface area contributed by atoms with Crippen LogP contribution >= 0.6 is 12.4 Å². The van der Waals surface area contributed by atoms with E-state index in [9.17, 15) is 0 Å². The molecule has 0 bridgehead atoms. The molecule has 0 radical (unpaired) electrons. The average molecular weight is 278 g/mol. The fraction of sp³-hybridized carbons (Fsp3) is 0.333. The van der Waals surface area contributed by atoms with E-state index in [-0.39, 0.29) is 12.4 Å². The van der Waals surface area contributed by atoms with Crippen LogP contribution in [0.15, 0.2) is 36.4 Å². The second-order valence-corrected chi connectivity index (χ2v) is 4.23. The third kappa shape index (κ3) is 3.67. The maximum Gasteiger partial charge on any atom is 0.161 e. The van der Waals surface area contributed by atoms with Gasteiger partial charge in [-0.3, -0.25) is 0 Å². The summed E-state index contributed by atoms with van der Waals surface area (Å²) in [7, 11) is 0. The number of hydrogen-bond acceptors (Lipinski definition) is 3. The number of benzene rings is 1. The number of nitrogens with zero attached hydrogens (tertiary/aromatic N) is 3. The van der Waals surface area contributed by atoms with Gasteiger partial charge in [0.1, 0.15) is 5.82 Å². The molecule has 0 saturated heterocycles. The van der Waals surface area contributed by atoms with E-state index in [1.54, 1.807) is 0 Å². The molecule has 19 heavy (non-hydrogen) atoms. The van der Waals surface area contributed by atoms with E-state index in [1.165, 1.54) is 0 Å². The predicted octanol–water partition coefficient (Wildman–Crippen LogP) is 3.72. The van der Waals surface area contributed by atoms with Crippen LogP contribution in [-0.2, 0) is 0 Å². The van der Waals surface area contributed by atoms with Gasteiger partial charge in [0, 0.05) is 30.4 Å². The van der Waals surface area contributed by atoms with Gasteiger partial charge < -0.3 is 4.90 Å². The number of anilines is 1. The van der Waals surface area contributed by atoms with E-state index in [0.717, 1.165) is 36.0 Å². The molecule has 4 heteroatoms. The molecule has 2 rings (SSSR count). The molecule has 0 aliphatic heterocycles. The lowest BCUT2D eigenvalue weighted by molar-refractivity contribution is 0.840. The van der Waals surface area contributed by atoms with Crippen LogP contribution in [0.1, 0.15) is 19.5 Å². The van der Waals surface area contributed by atoms with E-state index >= 15 is 0 Å². The van der Waals surface area contributed by atoms with Crippen molar-refractivity contribution in [1.29, 1.82) is 0 Å². The lowest BCUT2D eigenvalue weighted by Crippen LogP contribution is -2.23. The van der Waals surface area contributed by atoms with Crippen molar-refractivity contribution in [2.75, 3.05) is 18.0 Å². The normalized spacial score (nSPS) is 9.84. The van der Waals surface area contributed by atoms with Gasteiger partial charge in [0.25, 0.3) is 0 Å². The molecule has 0 amide bonds. The monoisotopic (exact) mass is 277 g/mol. The molecule has 1 heterocycles. The number of halogens is 1. The summed E-state index contributed by atoms with van der Waals surface area (Å²) in [5.41, 5.74) is 2.07. The Morgan fingerprint density at radius 2 is 1.63 bits per heavy atom. The van der Waals surface area contributed by atoms with Crippen LogP contribution in [0, 0.1) is 6.92 Å². The van der Waals surface area contributed by atoms with Gasteiger partial charge in [-0.25, -0.2) is 9.97 Å². The van der Waals surface area contributed by atoms with Crippen molar-refractivity contribution in [1.82, 2.24) is 9.97 Å². The van der Waals surface area contributed by atoms with Crippen LogP contribution in [0.3, 0.4) is 0 Å². The Morgan fingerprint density at radius 3 is 2.21 bits per heavy atom. The molecule has 2 aromatic rings. The third-order valence-electron chi connectivity index (χ3n) is 2.96. The van der Waals surface area contributed by atoms with Crippen LogP contribution in [0.5, 0.6) is 0 Å². The Hall–Kier alpha value is -1.61. The minimum absolute atomic E-state index is 0. The summed E-state index contributed by atoms with van der Waals surface area (Å²) in [5.74, 6) is 1.81. The summed E-state index contributed by atoms with van der Waals surface area (Å²) in [6.07, 6.45) is 0.